The van der Waals surface area contributed by atoms with E-state index in [9.17, 15) is 0 Å². The summed E-state index contributed by atoms with van der Waals surface area (Å²) in [6, 6.07) is 0. The van der Waals surface area contributed by atoms with Crippen LogP contribution in [-0.2, 0) is 0 Å². The van der Waals surface area contributed by atoms with Gasteiger partial charge in [0.2, 0.25) is 0 Å². The lowest BCUT2D eigenvalue weighted by Gasteiger charge is -2.42. The van der Waals surface area contributed by atoms with E-state index in [4.69, 9.17) is 0 Å². The van der Waals surface area contributed by atoms with E-state index in [2.05, 4.69) is 25.2 Å². The summed E-state index contributed by atoms with van der Waals surface area (Å²) in [5.74, 6) is 2.22. The molecule has 0 nitrogen and oxygen atoms in total. The second kappa shape index (κ2) is 5.40. The highest BCUT2D eigenvalue weighted by atomic mass is 28.3. The first-order valence-corrected chi connectivity index (χ1v) is 12.7. The van der Waals surface area contributed by atoms with Crippen LogP contribution in [0.5, 0.6) is 0 Å². The lowest BCUT2D eigenvalue weighted by molar-refractivity contribution is 0.274. The topological polar surface area (TPSA) is 0 Å². The number of hydrogen-bond acceptors (Lipinski definition) is 0. The van der Waals surface area contributed by atoms with Gasteiger partial charge < -0.3 is 0 Å². The van der Waals surface area contributed by atoms with Crippen LogP contribution < -0.4 is 0 Å². The van der Waals surface area contributed by atoms with Crippen molar-refractivity contribution in [3.8, 4) is 0 Å². The first-order valence-electron chi connectivity index (χ1n) is 9.58. The maximum atomic E-state index is 2.74. The van der Waals surface area contributed by atoms with Crippen LogP contribution in [0.2, 0.25) is 24.2 Å². The van der Waals surface area contributed by atoms with Gasteiger partial charge in [-0.05, 0) is 54.2 Å². The lowest BCUT2D eigenvalue weighted by atomic mass is 9.82. The zero-order valence-electron chi connectivity index (χ0n) is 14.0. The number of rotatable bonds is 2. The predicted octanol–water partition coefficient (Wildman–Crippen LogP) is 6.48. The van der Waals surface area contributed by atoms with Crippen LogP contribution in [0, 0.1) is 11.8 Å². The molecular formula is C20H32Si. The highest BCUT2D eigenvalue weighted by Crippen LogP contribution is 2.58. The summed E-state index contributed by atoms with van der Waals surface area (Å²) >= 11 is 0. The predicted molar refractivity (Wildman–Crippen MR) is 94.3 cm³/mol. The Bertz CT molecular complexity index is 470. The molecule has 0 spiro atoms. The monoisotopic (exact) mass is 300 g/mol. The van der Waals surface area contributed by atoms with Gasteiger partial charge in [0.05, 0.1) is 8.07 Å². The van der Waals surface area contributed by atoms with Crippen molar-refractivity contribution in [1.29, 1.82) is 0 Å². The smallest absolute Gasteiger partial charge is 0.0625 e. The van der Waals surface area contributed by atoms with E-state index < -0.39 is 8.07 Å². The number of hydrogen-bond donors (Lipinski definition) is 0. The van der Waals surface area contributed by atoms with Crippen molar-refractivity contribution in [2.45, 2.75) is 88.4 Å². The zero-order chi connectivity index (χ0) is 14.4. The van der Waals surface area contributed by atoms with Crippen molar-refractivity contribution >= 4 is 8.07 Å². The van der Waals surface area contributed by atoms with Gasteiger partial charge in [-0.25, -0.2) is 0 Å². The van der Waals surface area contributed by atoms with Crippen molar-refractivity contribution in [2.75, 3.05) is 0 Å². The van der Waals surface area contributed by atoms with Gasteiger partial charge in [0.25, 0.3) is 0 Å². The quantitative estimate of drug-likeness (QED) is 0.512. The van der Waals surface area contributed by atoms with E-state index in [1.54, 1.807) is 31.3 Å². The first kappa shape index (κ1) is 14.3. The largest absolute Gasteiger partial charge is 0.0798 e. The SMILES string of the molecule is C[Si](C)(C1CCC2CCCCC21)[C@H]1C=CC2=C1CCCC2. The third-order valence-corrected chi connectivity index (χ3v) is 12.3. The molecule has 0 heterocycles. The Hall–Kier alpha value is -0.303. The van der Waals surface area contributed by atoms with Crippen molar-refractivity contribution in [1.82, 2.24) is 0 Å². The molecule has 1 heteroatoms. The van der Waals surface area contributed by atoms with Gasteiger partial charge in [-0.15, -0.1) is 0 Å². The van der Waals surface area contributed by atoms with E-state index in [1.165, 1.54) is 38.5 Å². The van der Waals surface area contributed by atoms with E-state index in [0.29, 0.717) is 0 Å². The fourth-order valence-electron chi connectivity index (χ4n) is 6.41. The van der Waals surface area contributed by atoms with E-state index >= 15 is 0 Å². The van der Waals surface area contributed by atoms with Crippen molar-refractivity contribution in [3.05, 3.63) is 23.3 Å². The molecule has 4 aliphatic rings. The standard InChI is InChI=1S/C20H32Si/c1-21(2,19-13-11-15-7-3-5-9-17(15)19)20-14-12-16-8-4-6-10-18(16)20/h11,13,16,18-20H,3-10,12,14H2,1-2H3/t16?,18?,19-,20?/m0/s1. The molecule has 3 unspecified atom stereocenters. The minimum Gasteiger partial charge on any atom is -0.0798 e. The summed E-state index contributed by atoms with van der Waals surface area (Å²) in [4.78, 5) is 0. The molecule has 116 valence electrons. The Morgan fingerprint density at radius 2 is 1.71 bits per heavy atom. The van der Waals surface area contributed by atoms with Crippen LogP contribution in [0.15, 0.2) is 23.3 Å². The maximum Gasteiger partial charge on any atom is 0.0625 e. The molecule has 4 rings (SSSR count). The maximum absolute atomic E-state index is 2.74. The van der Waals surface area contributed by atoms with Crippen LogP contribution in [0.25, 0.3) is 0 Å². The molecule has 0 radical (unpaired) electrons. The molecule has 2 saturated carbocycles. The fraction of sp³-hybridized carbons (Fsp3) is 0.800. The van der Waals surface area contributed by atoms with Crippen molar-refractivity contribution in [3.63, 3.8) is 0 Å². The molecular weight excluding hydrogens is 268 g/mol. The van der Waals surface area contributed by atoms with E-state index in [0.717, 1.165) is 22.9 Å². The molecule has 0 aliphatic heterocycles. The molecule has 0 N–H and O–H groups in total. The summed E-state index contributed by atoms with van der Waals surface area (Å²) in [5, 5.41) is 0. The van der Waals surface area contributed by atoms with E-state index in [1.807, 2.05) is 5.57 Å². The molecule has 2 fully saturated rings. The number of fused-ring (bicyclic) bond motifs is 1. The van der Waals surface area contributed by atoms with Gasteiger partial charge >= 0.3 is 0 Å². The molecule has 0 amide bonds. The molecule has 4 atom stereocenters. The average Bonchev–Trinajstić information content (AvgIpc) is 3.12. The molecule has 0 bridgehead atoms. The Morgan fingerprint density at radius 3 is 2.62 bits per heavy atom. The zero-order valence-corrected chi connectivity index (χ0v) is 15.0. The second-order valence-corrected chi connectivity index (χ2v) is 13.8. The Kier molecular flexibility index (Phi) is 3.68. The molecule has 0 aromatic heterocycles. The summed E-state index contributed by atoms with van der Waals surface area (Å²) in [7, 11) is -1.20. The Labute approximate surface area is 132 Å². The second-order valence-electron chi connectivity index (χ2n) is 8.81. The van der Waals surface area contributed by atoms with Gasteiger partial charge in [0.15, 0.2) is 0 Å². The van der Waals surface area contributed by atoms with Crippen LogP contribution in [0.4, 0.5) is 0 Å². The highest BCUT2D eigenvalue weighted by molar-refractivity contribution is 6.81. The molecule has 0 aromatic rings. The minimum atomic E-state index is -1.20. The normalized spacial score (nSPS) is 39.5. The van der Waals surface area contributed by atoms with Gasteiger partial charge in [0.1, 0.15) is 0 Å². The van der Waals surface area contributed by atoms with Crippen LogP contribution in [-0.4, -0.2) is 8.07 Å². The molecule has 0 aromatic carbocycles. The third kappa shape index (κ3) is 2.31. The number of allylic oxidation sites excluding steroid dienone is 4. The summed E-state index contributed by atoms with van der Waals surface area (Å²) < 4.78 is 0. The van der Waals surface area contributed by atoms with E-state index in [-0.39, 0.29) is 0 Å². The first-order chi connectivity index (χ1) is 10.2. The summed E-state index contributed by atoms with van der Waals surface area (Å²) in [6.07, 6.45) is 20.2. The van der Waals surface area contributed by atoms with Crippen LogP contribution >= 0.6 is 0 Å². The minimum absolute atomic E-state index is 0.901. The fourth-order valence-corrected chi connectivity index (χ4v) is 11.1. The van der Waals surface area contributed by atoms with Crippen molar-refractivity contribution < 1.29 is 0 Å². The highest BCUT2D eigenvalue weighted by Gasteiger charge is 2.49. The van der Waals surface area contributed by atoms with Gasteiger partial charge in [-0.1, -0.05) is 69.3 Å². The Balaban J connectivity index is 1.59. The third-order valence-electron chi connectivity index (χ3n) is 7.51. The Morgan fingerprint density at radius 1 is 0.905 bits per heavy atom. The lowest BCUT2D eigenvalue weighted by Crippen LogP contribution is -2.41. The van der Waals surface area contributed by atoms with Gasteiger partial charge in [-0.3, -0.25) is 0 Å². The molecule has 21 heavy (non-hydrogen) atoms. The summed E-state index contributed by atoms with van der Waals surface area (Å²) in [6.45, 7) is 5.49. The average molecular weight is 301 g/mol. The van der Waals surface area contributed by atoms with Crippen molar-refractivity contribution in [2.24, 2.45) is 11.8 Å². The van der Waals surface area contributed by atoms with Gasteiger partial charge in [-0.2, -0.15) is 0 Å². The van der Waals surface area contributed by atoms with Crippen LogP contribution in [0.1, 0.15) is 64.2 Å². The van der Waals surface area contributed by atoms with Gasteiger partial charge in [0, 0.05) is 0 Å². The summed E-state index contributed by atoms with van der Waals surface area (Å²) in [5.41, 5.74) is 5.67. The molecule has 4 aliphatic carbocycles. The molecule has 0 saturated heterocycles. The van der Waals surface area contributed by atoms with Crippen LogP contribution in [0.3, 0.4) is 0 Å².